The molecule has 19 heavy (non-hydrogen) atoms. The molecule has 0 bridgehead atoms. The average molecular weight is 264 g/mol. The van der Waals surface area contributed by atoms with Crippen molar-refractivity contribution < 1.29 is 0 Å². The second-order valence-electron chi connectivity index (χ2n) is 7.33. The Morgan fingerprint density at radius 1 is 1.16 bits per heavy atom. The van der Waals surface area contributed by atoms with E-state index < -0.39 is 0 Å². The monoisotopic (exact) mass is 264 g/mol. The molecule has 3 fully saturated rings. The molecule has 1 aliphatic heterocycles. The molecule has 2 heteroatoms. The van der Waals surface area contributed by atoms with E-state index in [1.165, 1.54) is 83.8 Å². The Kier molecular flexibility index (Phi) is 4.48. The maximum absolute atomic E-state index is 3.93. The molecule has 0 amide bonds. The minimum Gasteiger partial charge on any atom is -0.310 e. The summed E-state index contributed by atoms with van der Waals surface area (Å²) in [4.78, 5) is 2.86. The minimum absolute atomic E-state index is 0.478. The van der Waals surface area contributed by atoms with Crippen molar-refractivity contribution in [3.05, 3.63) is 0 Å². The fourth-order valence-electron chi connectivity index (χ4n) is 4.35. The smallest absolute Gasteiger partial charge is 0.0308 e. The van der Waals surface area contributed by atoms with Gasteiger partial charge in [0.05, 0.1) is 0 Å². The van der Waals surface area contributed by atoms with Gasteiger partial charge in [-0.25, -0.2) is 0 Å². The number of rotatable bonds is 4. The van der Waals surface area contributed by atoms with Crippen LogP contribution in [0.4, 0.5) is 0 Å². The van der Waals surface area contributed by atoms with Gasteiger partial charge in [-0.15, -0.1) is 0 Å². The van der Waals surface area contributed by atoms with Crippen molar-refractivity contribution in [2.75, 3.05) is 19.6 Å². The molecule has 110 valence electrons. The number of nitrogens with zero attached hydrogens (tertiary/aromatic N) is 1. The average Bonchev–Trinajstić information content (AvgIpc) is 3.25. The van der Waals surface area contributed by atoms with Gasteiger partial charge in [0.2, 0.25) is 0 Å². The third-order valence-electron chi connectivity index (χ3n) is 5.73. The lowest BCUT2D eigenvalue weighted by Crippen LogP contribution is -2.54. The van der Waals surface area contributed by atoms with Crippen molar-refractivity contribution in [2.24, 2.45) is 5.92 Å². The Morgan fingerprint density at radius 2 is 1.95 bits per heavy atom. The molecule has 1 saturated heterocycles. The maximum atomic E-state index is 3.93. The normalized spacial score (nSPS) is 30.2. The van der Waals surface area contributed by atoms with Crippen LogP contribution in [0.2, 0.25) is 0 Å². The summed E-state index contributed by atoms with van der Waals surface area (Å²) >= 11 is 0. The van der Waals surface area contributed by atoms with Crippen molar-refractivity contribution in [3.63, 3.8) is 0 Å². The van der Waals surface area contributed by atoms with Gasteiger partial charge in [-0.2, -0.15) is 0 Å². The molecule has 0 radical (unpaired) electrons. The van der Waals surface area contributed by atoms with Crippen LogP contribution in [0.5, 0.6) is 0 Å². The predicted molar refractivity (Wildman–Crippen MR) is 81.4 cm³/mol. The molecule has 3 rings (SSSR count). The first kappa shape index (κ1) is 13.9. The van der Waals surface area contributed by atoms with Crippen LogP contribution in [-0.2, 0) is 0 Å². The SMILES string of the molecule is CCC(CC1CC1)N1CCCNC2(CCCCC2)C1. The summed E-state index contributed by atoms with van der Waals surface area (Å²) in [6.45, 7) is 6.31. The summed E-state index contributed by atoms with van der Waals surface area (Å²) in [6.07, 6.45) is 14.4. The Hall–Kier alpha value is -0.0800. The molecule has 1 atom stereocenters. The minimum atomic E-state index is 0.478. The van der Waals surface area contributed by atoms with E-state index in [1.807, 2.05) is 0 Å². The van der Waals surface area contributed by atoms with E-state index >= 15 is 0 Å². The molecule has 0 aromatic rings. The van der Waals surface area contributed by atoms with Gasteiger partial charge < -0.3 is 5.32 Å². The van der Waals surface area contributed by atoms with Gasteiger partial charge in [0.1, 0.15) is 0 Å². The summed E-state index contributed by atoms with van der Waals surface area (Å²) in [7, 11) is 0. The van der Waals surface area contributed by atoms with Gasteiger partial charge in [0.15, 0.2) is 0 Å². The fraction of sp³-hybridized carbons (Fsp3) is 1.00. The highest BCUT2D eigenvalue weighted by molar-refractivity contribution is 4.97. The van der Waals surface area contributed by atoms with Crippen molar-refractivity contribution in [3.8, 4) is 0 Å². The molecule has 1 spiro atoms. The van der Waals surface area contributed by atoms with Crippen LogP contribution in [0.1, 0.15) is 71.1 Å². The van der Waals surface area contributed by atoms with Crippen LogP contribution in [-0.4, -0.2) is 36.1 Å². The standard InChI is InChI=1S/C17H32N2/c1-2-16(13-15-7-8-15)19-12-6-11-18-17(14-19)9-4-3-5-10-17/h15-16,18H,2-14H2,1H3. The van der Waals surface area contributed by atoms with Gasteiger partial charge in [-0.3, -0.25) is 4.90 Å². The van der Waals surface area contributed by atoms with Crippen molar-refractivity contribution >= 4 is 0 Å². The third-order valence-corrected chi connectivity index (χ3v) is 5.73. The van der Waals surface area contributed by atoms with E-state index in [0.29, 0.717) is 5.54 Å². The molecule has 0 aromatic heterocycles. The van der Waals surface area contributed by atoms with E-state index in [2.05, 4.69) is 17.1 Å². The lowest BCUT2D eigenvalue weighted by molar-refractivity contribution is 0.117. The summed E-state index contributed by atoms with van der Waals surface area (Å²) in [6, 6.07) is 0.867. The predicted octanol–water partition coefficient (Wildman–Crippen LogP) is 3.56. The van der Waals surface area contributed by atoms with E-state index in [-0.39, 0.29) is 0 Å². The molecular formula is C17H32N2. The molecule has 3 aliphatic rings. The van der Waals surface area contributed by atoms with E-state index in [1.54, 1.807) is 0 Å². The summed E-state index contributed by atoms with van der Waals surface area (Å²) in [5.41, 5.74) is 0.478. The van der Waals surface area contributed by atoms with E-state index in [0.717, 1.165) is 12.0 Å². The molecule has 1 heterocycles. The van der Waals surface area contributed by atoms with Gasteiger partial charge in [-0.05, 0) is 51.1 Å². The van der Waals surface area contributed by atoms with Crippen LogP contribution in [0.3, 0.4) is 0 Å². The maximum Gasteiger partial charge on any atom is 0.0308 e. The van der Waals surface area contributed by atoms with Crippen LogP contribution in [0.15, 0.2) is 0 Å². The lowest BCUT2D eigenvalue weighted by Gasteiger charge is -2.42. The van der Waals surface area contributed by atoms with Crippen molar-refractivity contribution in [1.29, 1.82) is 0 Å². The first-order valence-electron chi connectivity index (χ1n) is 8.80. The molecule has 2 saturated carbocycles. The van der Waals surface area contributed by atoms with Gasteiger partial charge in [0.25, 0.3) is 0 Å². The van der Waals surface area contributed by atoms with Crippen LogP contribution < -0.4 is 5.32 Å². The third kappa shape index (κ3) is 3.52. The Labute approximate surface area is 119 Å². The van der Waals surface area contributed by atoms with Crippen molar-refractivity contribution in [2.45, 2.75) is 82.7 Å². The lowest BCUT2D eigenvalue weighted by atomic mass is 9.81. The van der Waals surface area contributed by atoms with E-state index in [9.17, 15) is 0 Å². The molecule has 1 unspecified atom stereocenters. The summed E-state index contributed by atoms with van der Waals surface area (Å²) in [5, 5.41) is 3.93. The highest BCUT2D eigenvalue weighted by Gasteiger charge is 2.37. The number of hydrogen-bond donors (Lipinski definition) is 1. The summed E-state index contributed by atoms with van der Waals surface area (Å²) < 4.78 is 0. The zero-order valence-corrected chi connectivity index (χ0v) is 12.8. The Morgan fingerprint density at radius 3 is 2.63 bits per heavy atom. The topological polar surface area (TPSA) is 15.3 Å². The molecular weight excluding hydrogens is 232 g/mol. The van der Waals surface area contributed by atoms with Gasteiger partial charge in [0, 0.05) is 18.1 Å². The summed E-state index contributed by atoms with van der Waals surface area (Å²) in [5.74, 6) is 1.07. The zero-order valence-electron chi connectivity index (χ0n) is 12.8. The van der Waals surface area contributed by atoms with Gasteiger partial charge in [-0.1, -0.05) is 39.0 Å². The number of hydrogen-bond acceptors (Lipinski definition) is 2. The number of nitrogens with one attached hydrogen (secondary N) is 1. The van der Waals surface area contributed by atoms with Gasteiger partial charge >= 0.3 is 0 Å². The Balaban J connectivity index is 1.64. The zero-order chi connectivity index (χ0) is 13.1. The molecule has 2 aliphatic carbocycles. The van der Waals surface area contributed by atoms with Crippen LogP contribution in [0, 0.1) is 5.92 Å². The van der Waals surface area contributed by atoms with Crippen LogP contribution in [0.25, 0.3) is 0 Å². The van der Waals surface area contributed by atoms with E-state index in [4.69, 9.17) is 0 Å². The molecule has 2 nitrogen and oxygen atoms in total. The second-order valence-corrected chi connectivity index (χ2v) is 7.33. The Bertz CT molecular complexity index is 279. The largest absolute Gasteiger partial charge is 0.310 e. The first-order valence-corrected chi connectivity index (χ1v) is 8.80. The fourth-order valence-corrected chi connectivity index (χ4v) is 4.35. The van der Waals surface area contributed by atoms with Crippen molar-refractivity contribution in [1.82, 2.24) is 10.2 Å². The van der Waals surface area contributed by atoms with Crippen LogP contribution >= 0.6 is 0 Å². The highest BCUT2D eigenvalue weighted by Crippen LogP contribution is 2.37. The molecule has 1 N–H and O–H groups in total. The highest BCUT2D eigenvalue weighted by atomic mass is 15.2. The first-order chi connectivity index (χ1) is 9.31. The second kappa shape index (κ2) is 6.13. The quantitative estimate of drug-likeness (QED) is 0.835. The molecule has 0 aromatic carbocycles.